The summed E-state index contributed by atoms with van der Waals surface area (Å²) in [5, 5.41) is 1.04. The summed E-state index contributed by atoms with van der Waals surface area (Å²) in [7, 11) is 7.15. The van der Waals surface area contributed by atoms with Crippen LogP contribution < -0.4 is 10.5 Å². The van der Waals surface area contributed by atoms with Crippen molar-refractivity contribution in [3.05, 3.63) is 65.7 Å². The van der Waals surface area contributed by atoms with Crippen LogP contribution in [0.15, 0.2) is 54.6 Å². The lowest BCUT2D eigenvalue weighted by Crippen LogP contribution is -2.41. The molecular weight excluding hydrogens is 578 g/mol. The molecule has 2 amide bonds. The van der Waals surface area contributed by atoms with E-state index in [9.17, 15) is 9.59 Å². The fourth-order valence-corrected chi connectivity index (χ4v) is 7.53. The number of amides is 2. The Bertz CT molecular complexity index is 2020. The van der Waals surface area contributed by atoms with Gasteiger partial charge in [-0.05, 0) is 80.0 Å². The highest BCUT2D eigenvalue weighted by Gasteiger charge is 2.47. The Labute approximate surface area is 267 Å². The maximum atomic E-state index is 13.7. The number of carbonyl (C=O) groups excluding carboxylic acids is 2. The van der Waals surface area contributed by atoms with Gasteiger partial charge in [-0.3, -0.25) is 9.59 Å². The largest absolute Gasteiger partial charge is 0.494 e. The lowest BCUT2D eigenvalue weighted by molar-refractivity contribution is 0.0700. The summed E-state index contributed by atoms with van der Waals surface area (Å²) in [6, 6.07) is 17.8. The van der Waals surface area contributed by atoms with Gasteiger partial charge in [-0.2, -0.15) is 0 Å². The van der Waals surface area contributed by atoms with Gasteiger partial charge in [0.05, 0.1) is 24.0 Å². The van der Waals surface area contributed by atoms with E-state index in [1.807, 2.05) is 54.4 Å². The summed E-state index contributed by atoms with van der Waals surface area (Å²) in [5.41, 5.74) is 12.9. The molecule has 0 spiro atoms. The number of aryl methyl sites for hydroxylation is 1. The average molecular weight is 618 g/mol. The van der Waals surface area contributed by atoms with E-state index in [0.717, 1.165) is 64.2 Å². The normalized spacial score (nSPS) is 20.6. The number of piperidine rings is 1. The Balaban J connectivity index is 1.20. The Morgan fingerprint density at radius 3 is 2.41 bits per heavy atom. The smallest absolute Gasteiger partial charge is 0.254 e. The standard InChI is InChI=1S/C36H39N7O3/c1-40(2)35(44)22-9-7-21(8-10-22)26-13-11-23-16-29(42(33(23)38-26)18-20-5-6-20)34-39-27-15-25(17-30(46-4)32(27)41(34)3)36(45)43-19-24-12-14-28(43)31(24)37/h7-11,13,15-17,20,24,28,31H,5-6,12,14,18-19,37H2,1-4H3/t24?,28?,31-/m1/s1. The molecule has 3 aromatic heterocycles. The summed E-state index contributed by atoms with van der Waals surface area (Å²) in [6.07, 6.45) is 4.46. The van der Waals surface area contributed by atoms with Crippen LogP contribution in [0.3, 0.4) is 0 Å². The van der Waals surface area contributed by atoms with Gasteiger partial charge < -0.3 is 29.4 Å². The Morgan fingerprint density at radius 1 is 0.978 bits per heavy atom. The molecule has 8 rings (SSSR count). The molecule has 2 aliphatic carbocycles. The van der Waals surface area contributed by atoms with E-state index >= 15 is 0 Å². The first kappa shape index (κ1) is 28.8. The second-order valence-electron chi connectivity index (χ2n) is 13.5. The van der Waals surface area contributed by atoms with Crippen molar-refractivity contribution in [3.8, 4) is 28.5 Å². The molecule has 2 aromatic carbocycles. The molecule has 5 aromatic rings. The number of nitrogens with two attached hydrogens (primary N) is 1. The van der Waals surface area contributed by atoms with Crippen LogP contribution in [0, 0.1) is 11.8 Å². The van der Waals surface area contributed by atoms with Gasteiger partial charge in [-0.25, -0.2) is 9.97 Å². The number of rotatable bonds is 7. The second kappa shape index (κ2) is 10.7. The highest BCUT2D eigenvalue weighted by atomic mass is 16.5. The first-order valence-corrected chi connectivity index (χ1v) is 16.2. The first-order valence-electron chi connectivity index (χ1n) is 16.2. The lowest BCUT2D eigenvalue weighted by atomic mass is 10.1. The summed E-state index contributed by atoms with van der Waals surface area (Å²) in [4.78, 5) is 40.0. The number of pyridine rings is 1. The third kappa shape index (κ3) is 4.57. The van der Waals surface area contributed by atoms with Crippen LogP contribution in [0.25, 0.3) is 44.8 Å². The first-order chi connectivity index (χ1) is 22.2. The molecule has 0 radical (unpaired) electrons. The van der Waals surface area contributed by atoms with Crippen molar-refractivity contribution < 1.29 is 14.3 Å². The van der Waals surface area contributed by atoms with Crippen LogP contribution in [-0.4, -0.2) is 80.5 Å². The predicted octanol–water partition coefficient (Wildman–Crippen LogP) is 4.94. The number of likely N-dealkylation sites (tertiary alicyclic amines) is 1. The number of methoxy groups -OCH3 is 1. The number of fused-ring (bicyclic) bond motifs is 4. The monoisotopic (exact) mass is 617 g/mol. The Kier molecular flexibility index (Phi) is 6.68. The molecule has 1 aliphatic heterocycles. The number of hydrogen-bond donors (Lipinski definition) is 1. The van der Waals surface area contributed by atoms with Crippen LogP contribution >= 0.6 is 0 Å². The van der Waals surface area contributed by atoms with Crippen molar-refractivity contribution >= 4 is 33.9 Å². The maximum Gasteiger partial charge on any atom is 0.254 e. The van der Waals surface area contributed by atoms with Crippen LogP contribution in [0.1, 0.15) is 46.4 Å². The van der Waals surface area contributed by atoms with E-state index in [4.69, 9.17) is 20.4 Å². The van der Waals surface area contributed by atoms with E-state index in [1.54, 1.807) is 26.1 Å². The van der Waals surface area contributed by atoms with Crippen molar-refractivity contribution in [2.24, 2.45) is 24.6 Å². The predicted molar refractivity (Wildman–Crippen MR) is 178 cm³/mol. The molecule has 2 bridgehead atoms. The number of benzene rings is 2. The molecule has 46 heavy (non-hydrogen) atoms. The SMILES string of the molecule is COc1cc(C(=O)N2CC3CCC2[C@@H]3N)cc2nc(-c3cc4ccc(-c5ccc(C(=O)N(C)C)cc5)nc4n3CC3CC3)n(C)c12. The minimum absolute atomic E-state index is 0.00579. The maximum absolute atomic E-state index is 13.7. The fraction of sp³-hybridized carbons (Fsp3) is 0.389. The van der Waals surface area contributed by atoms with E-state index in [2.05, 4.69) is 21.3 Å². The van der Waals surface area contributed by atoms with Crippen LogP contribution in [-0.2, 0) is 13.6 Å². The van der Waals surface area contributed by atoms with Gasteiger partial charge in [0.25, 0.3) is 11.8 Å². The Hall–Kier alpha value is -4.70. The van der Waals surface area contributed by atoms with Crippen LogP contribution in [0.2, 0.25) is 0 Å². The van der Waals surface area contributed by atoms with Crippen molar-refractivity contribution in [1.29, 1.82) is 0 Å². The number of hydrogen-bond acceptors (Lipinski definition) is 6. The van der Waals surface area contributed by atoms with E-state index in [0.29, 0.717) is 35.3 Å². The number of imidazole rings is 1. The highest BCUT2D eigenvalue weighted by Crippen LogP contribution is 2.40. The third-order valence-corrected chi connectivity index (χ3v) is 10.3. The van der Waals surface area contributed by atoms with Gasteiger partial charge in [0.1, 0.15) is 16.9 Å². The molecule has 3 fully saturated rings. The molecule has 236 valence electrons. The number of carbonyl (C=O) groups is 2. The highest BCUT2D eigenvalue weighted by molar-refractivity contribution is 6.00. The molecule has 2 N–H and O–H groups in total. The fourth-order valence-electron chi connectivity index (χ4n) is 7.53. The van der Waals surface area contributed by atoms with Gasteiger partial charge in [-0.1, -0.05) is 12.1 Å². The molecule has 3 atom stereocenters. The minimum atomic E-state index is -0.0271. The van der Waals surface area contributed by atoms with E-state index in [1.165, 1.54) is 12.8 Å². The molecule has 2 saturated carbocycles. The number of aromatic nitrogens is 4. The molecule has 4 heterocycles. The summed E-state index contributed by atoms with van der Waals surface area (Å²) in [5.74, 6) is 2.38. The minimum Gasteiger partial charge on any atom is -0.494 e. The Morgan fingerprint density at radius 2 is 1.76 bits per heavy atom. The molecule has 10 nitrogen and oxygen atoms in total. The van der Waals surface area contributed by atoms with Gasteiger partial charge in [-0.15, -0.1) is 0 Å². The van der Waals surface area contributed by atoms with E-state index < -0.39 is 0 Å². The molecule has 1 saturated heterocycles. The van der Waals surface area contributed by atoms with Crippen LogP contribution in [0.5, 0.6) is 5.75 Å². The van der Waals surface area contributed by atoms with Crippen molar-refractivity contribution in [3.63, 3.8) is 0 Å². The number of ether oxygens (including phenoxy) is 1. The summed E-state index contributed by atoms with van der Waals surface area (Å²) >= 11 is 0. The number of nitrogens with zero attached hydrogens (tertiary/aromatic N) is 6. The summed E-state index contributed by atoms with van der Waals surface area (Å²) in [6.45, 7) is 1.57. The van der Waals surface area contributed by atoms with Gasteiger partial charge in [0.15, 0.2) is 5.82 Å². The molecule has 3 aliphatic rings. The lowest BCUT2D eigenvalue weighted by Gasteiger charge is -2.27. The van der Waals surface area contributed by atoms with Crippen molar-refractivity contribution in [1.82, 2.24) is 28.9 Å². The molecule has 10 heteroatoms. The topological polar surface area (TPSA) is 112 Å². The molecule has 2 unspecified atom stereocenters. The van der Waals surface area contributed by atoms with Gasteiger partial charge >= 0.3 is 0 Å². The summed E-state index contributed by atoms with van der Waals surface area (Å²) < 4.78 is 10.2. The third-order valence-electron chi connectivity index (χ3n) is 10.3. The van der Waals surface area contributed by atoms with Crippen molar-refractivity contribution in [2.75, 3.05) is 27.7 Å². The van der Waals surface area contributed by atoms with Crippen LogP contribution in [0.4, 0.5) is 0 Å². The zero-order valence-electron chi connectivity index (χ0n) is 26.7. The van der Waals surface area contributed by atoms with Gasteiger partial charge in [0.2, 0.25) is 0 Å². The average Bonchev–Trinajstić information content (AvgIpc) is 3.47. The zero-order valence-corrected chi connectivity index (χ0v) is 26.7. The molecular formula is C36H39N7O3. The van der Waals surface area contributed by atoms with E-state index in [-0.39, 0.29) is 23.9 Å². The quantitative estimate of drug-likeness (QED) is 0.277. The zero-order chi connectivity index (χ0) is 31.9. The van der Waals surface area contributed by atoms with Crippen molar-refractivity contribution in [2.45, 2.75) is 44.3 Å². The second-order valence-corrected chi connectivity index (χ2v) is 13.5. The van der Waals surface area contributed by atoms with Gasteiger partial charge in [0, 0.05) is 68.4 Å².